The Bertz CT molecular complexity index is 715. The van der Waals surface area contributed by atoms with E-state index in [1.807, 2.05) is 0 Å². The van der Waals surface area contributed by atoms with E-state index in [4.69, 9.17) is 0 Å². The van der Waals surface area contributed by atoms with Crippen molar-refractivity contribution in [2.75, 3.05) is 17.2 Å². The second-order valence-electron chi connectivity index (χ2n) is 5.93. The number of rotatable bonds is 6. The number of benzene rings is 1. The minimum atomic E-state index is -4.41. The van der Waals surface area contributed by atoms with E-state index in [-0.39, 0.29) is 11.4 Å². The monoisotopic (exact) mass is 352 g/mol. The third-order valence-electron chi connectivity index (χ3n) is 3.40. The van der Waals surface area contributed by atoms with Crippen LogP contribution in [0.1, 0.15) is 36.3 Å². The molecule has 2 N–H and O–H groups in total. The van der Waals surface area contributed by atoms with Gasteiger partial charge in [0.15, 0.2) is 0 Å². The van der Waals surface area contributed by atoms with Crippen LogP contribution in [0.4, 0.5) is 24.7 Å². The van der Waals surface area contributed by atoms with Gasteiger partial charge in [0, 0.05) is 18.3 Å². The summed E-state index contributed by atoms with van der Waals surface area (Å²) in [6, 6.07) is 5.72. The summed E-state index contributed by atoms with van der Waals surface area (Å²) in [6.45, 7) is 4.92. The standard InChI is InChI=1S/C17H19F3N4O/c1-11(2)7-8-21-15-9-14(22-10-23-15)16(25)24-13-5-3-12(4-6-13)17(18,19)20/h3-6,9-11H,7-8H2,1-2H3,(H,24,25)(H,21,22,23). The second kappa shape index (κ2) is 7.96. The van der Waals surface area contributed by atoms with Gasteiger partial charge in [0.1, 0.15) is 17.8 Å². The molecule has 0 bridgehead atoms. The van der Waals surface area contributed by atoms with Gasteiger partial charge >= 0.3 is 6.18 Å². The third kappa shape index (κ3) is 5.74. The summed E-state index contributed by atoms with van der Waals surface area (Å²) < 4.78 is 37.6. The van der Waals surface area contributed by atoms with Crippen LogP contribution in [0, 0.1) is 5.92 Å². The fourth-order valence-electron chi connectivity index (χ4n) is 2.00. The Morgan fingerprint density at radius 1 is 1.16 bits per heavy atom. The Labute approximate surface area is 143 Å². The summed E-state index contributed by atoms with van der Waals surface area (Å²) in [7, 11) is 0. The molecule has 0 unspecified atom stereocenters. The van der Waals surface area contributed by atoms with E-state index in [0.717, 1.165) is 18.6 Å². The van der Waals surface area contributed by atoms with Gasteiger partial charge < -0.3 is 10.6 Å². The SMILES string of the molecule is CC(C)CCNc1cc(C(=O)Nc2ccc(C(F)(F)F)cc2)ncn1. The molecule has 0 atom stereocenters. The summed E-state index contributed by atoms with van der Waals surface area (Å²) in [4.78, 5) is 20.1. The van der Waals surface area contributed by atoms with E-state index in [2.05, 4.69) is 34.4 Å². The van der Waals surface area contributed by atoms with E-state index >= 15 is 0 Å². The van der Waals surface area contributed by atoms with Crippen LogP contribution in [-0.2, 0) is 6.18 Å². The van der Waals surface area contributed by atoms with Crippen molar-refractivity contribution in [3.63, 3.8) is 0 Å². The highest BCUT2D eigenvalue weighted by molar-refractivity contribution is 6.03. The molecule has 0 spiro atoms. The van der Waals surface area contributed by atoms with E-state index in [1.54, 1.807) is 0 Å². The Balaban J connectivity index is 2.00. The predicted octanol–water partition coefficient (Wildman–Crippen LogP) is 4.21. The second-order valence-corrected chi connectivity index (χ2v) is 5.93. The first-order valence-corrected chi connectivity index (χ1v) is 7.80. The Kier molecular flexibility index (Phi) is 5.95. The number of carbonyl (C=O) groups is 1. The molecule has 1 aromatic heterocycles. The topological polar surface area (TPSA) is 66.9 Å². The van der Waals surface area contributed by atoms with Gasteiger partial charge in [-0.15, -0.1) is 0 Å². The van der Waals surface area contributed by atoms with Gasteiger partial charge in [-0.1, -0.05) is 13.8 Å². The van der Waals surface area contributed by atoms with Gasteiger partial charge in [-0.3, -0.25) is 4.79 Å². The van der Waals surface area contributed by atoms with Gasteiger partial charge in [0.25, 0.3) is 5.91 Å². The van der Waals surface area contributed by atoms with E-state index < -0.39 is 17.6 Å². The molecule has 1 aromatic carbocycles. The third-order valence-corrected chi connectivity index (χ3v) is 3.40. The molecular weight excluding hydrogens is 333 g/mol. The molecule has 0 aliphatic heterocycles. The number of alkyl halides is 3. The number of nitrogens with zero attached hydrogens (tertiary/aromatic N) is 2. The number of aromatic nitrogens is 2. The zero-order valence-electron chi connectivity index (χ0n) is 13.9. The molecule has 134 valence electrons. The van der Waals surface area contributed by atoms with Crippen LogP contribution in [0.3, 0.4) is 0 Å². The minimum Gasteiger partial charge on any atom is -0.370 e. The number of halogens is 3. The maximum absolute atomic E-state index is 12.5. The van der Waals surface area contributed by atoms with Crippen molar-refractivity contribution >= 4 is 17.4 Å². The van der Waals surface area contributed by atoms with Crippen molar-refractivity contribution < 1.29 is 18.0 Å². The van der Waals surface area contributed by atoms with Gasteiger partial charge in [-0.25, -0.2) is 9.97 Å². The molecule has 1 heterocycles. The largest absolute Gasteiger partial charge is 0.416 e. The first-order valence-electron chi connectivity index (χ1n) is 7.80. The summed E-state index contributed by atoms with van der Waals surface area (Å²) in [5.41, 5.74) is -0.392. The predicted molar refractivity (Wildman–Crippen MR) is 89.4 cm³/mol. The normalized spacial score (nSPS) is 11.4. The zero-order valence-corrected chi connectivity index (χ0v) is 13.9. The summed E-state index contributed by atoms with van der Waals surface area (Å²) in [5.74, 6) is 0.541. The molecule has 5 nitrogen and oxygen atoms in total. The maximum atomic E-state index is 12.5. The molecule has 8 heteroatoms. The molecule has 0 fully saturated rings. The van der Waals surface area contributed by atoms with Crippen LogP contribution in [0.25, 0.3) is 0 Å². The molecule has 0 saturated heterocycles. The molecule has 0 radical (unpaired) electrons. The lowest BCUT2D eigenvalue weighted by Crippen LogP contribution is -2.15. The quantitative estimate of drug-likeness (QED) is 0.817. The molecule has 0 aliphatic rings. The van der Waals surface area contributed by atoms with Gasteiger partial charge in [0.05, 0.1) is 5.56 Å². The lowest BCUT2D eigenvalue weighted by Gasteiger charge is -2.10. The molecule has 25 heavy (non-hydrogen) atoms. The molecule has 1 amide bonds. The lowest BCUT2D eigenvalue weighted by molar-refractivity contribution is -0.137. The minimum absolute atomic E-state index is 0.127. The number of nitrogens with one attached hydrogen (secondary N) is 2. The molecule has 2 aromatic rings. The highest BCUT2D eigenvalue weighted by Crippen LogP contribution is 2.29. The van der Waals surface area contributed by atoms with Gasteiger partial charge in [-0.05, 0) is 36.6 Å². The van der Waals surface area contributed by atoms with E-state index in [1.165, 1.54) is 24.5 Å². The first kappa shape index (κ1) is 18.7. The number of amides is 1. The van der Waals surface area contributed by atoms with Crippen LogP contribution >= 0.6 is 0 Å². The number of hydrogen-bond acceptors (Lipinski definition) is 4. The number of anilines is 2. The van der Waals surface area contributed by atoms with Crippen molar-refractivity contribution in [1.82, 2.24) is 9.97 Å². The van der Waals surface area contributed by atoms with Crippen LogP contribution in [0.15, 0.2) is 36.7 Å². The lowest BCUT2D eigenvalue weighted by atomic mass is 10.1. The van der Waals surface area contributed by atoms with Crippen LogP contribution in [0.5, 0.6) is 0 Å². The van der Waals surface area contributed by atoms with Crippen molar-refractivity contribution in [2.24, 2.45) is 5.92 Å². The maximum Gasteiger partial charge on any atom is 0.416 e. The van der Waals surface area contributed by atoms with Crippen molar-refractivity contribution in [1.29, 1.82) is 0 Å². The van der Waals surface area contributed by atoms with E-state index in [0.29, 0.717) is 18.3 Å². The van der Waals surface area contributed by atoms with Crippen molar-refractivity contribution in [3.8, 4) is 0 Å². The van der Waals surface area contributed by atoms with Gasteiger partial charge in [0.2, 0.25) is 0 Å². The fourth-order valence-corrected chi connectivity index (χ4v) is 2.00. The molecule has 0 aliphatic carbocycles. The van der Waals surface area contributed by atoms with Crippen LogP contribution in [0.2, 0.25) is 0 Å². The number of carbonyl (C=O) groups excluding carboxylic acids is 1. The fraction of sp³-hybridized carbons (Fsp3) is 0.353. The summed E-state index contributed by atoms with van der Waals surface area (Å²) in [5, 5.41) is 5.62. The summed E-state index contributed by atoms with van der Waals surface area (Å²) in [6.07, 6.45) is -2.19. The van der Waals surface area contributed by atoms with Crippen LogP contribution in [-0.4, -0.2) is 22.4 Å². The van der Waals surface area contributed by atoms with E-state index in [9.17, 15) is 18.0 Å². The average Bonchev–Trinajstić information content (AvgIpc) is 2.54. The average molecular weight is 352 g/mol. The van der Waals surface area contributed by atoms with Crippen molar-refractivity contribution in [3.05, 3.63) is 47.9 Å². The Hall–Kier alpha value is -2.64. The molecule has 2 rings (SSSR count). The first-order chi connectivity index (χ1) is 11.8. The summed E-state index contributed by atoms with van der Waals surface area (Å²) >= 11 is 0. The van der Waals surface area contributed by atoms with Gasteiger partial charge in [-0.2, -0.15) is 13.2 Å². The van der Waals surface area contributed by atoms with Crippen molar-refractivity contribution in [2.45, 2.75) is 26.4 Å². The highest BCUT2D eigenvalue weighted by Gasteiger charge is 2.30. The number of hydrogen-bond donors (Lipinski definition) is 2. The molecular formula is C17H19F3N4O. The highest BCUT2D eigenvalue weighted by atomic mass is 19.4. The zero-order chi connectivity index (χ0) is 18.4. The van der Waals surface area contributed by atoms with Crippen LogP contribution < -0.4 is 10.6 Å². The smallest absolute Gasteiger partial charge is 0.370 e. The Morgan fingerprint density at radius 3 is 2.44 bits per heavy atom. The Morgan fingerprint density at radius 2 is 1.84 bits per heavy atom. The molecule has 0 saturated carbocycles.